The standard InChI is InChI=1S/C23H31ClN4O5/c1-15-13-16(5-6-17(15)24)27-9-11-28(12-10-27)18(29)7-8-23(20(31)25-21(32)26-23)14-19(30)33-22(2,3)4/h5-6,13H,7-12,14H2,1-4H3,(H2,25,26,31,32). The third-order valence-electron chi connectivity index (χ3n) is 5.79. The molecule has 180 valence electrons. The fourth-order valence-corrected chi connectivity index (χ4v) is 4.18. The first-order valence-electron chi connectivity index (χ1n) is 11.0. The van der Waals surface area contributed by atoms with E-state index < -0.39 is 29.0 Å². The summed E-state index contributed by atoms with van der Waals surface area (Å²) in [4.78, 5) is 53.5. The molecule has 0 bridgehead atoms. The van der Waals surface area contributed by atoms with Gasteiger partial charge in [-0.1, -0.05) is 11.6 Å². The van der Waals surface area contributed by atoms with Gasteiger partial charge < -0.3 is 19.9 Å². The summed E-state index contributed by atoms with van der Waals surface area (Å²) in [5, 5.41) is 5.43. The second-order valence-corrected chi connectivity index (χ2v) is 9.96. The maximum atomic E-state index is 12.9. The topological polar surface area (TPSA) is 108 Å². The van der Waals surface area contributed by atoms with Gasteiger partial charge in [-0.2, -0.15) is 0 Å². The molecule has 1 aromatic rings. The molecule has 33 heavy (non-hydrogen) atoms. The third kappa shape index (κ3) is 6.16. The average Bonchev–Trinajstić information content (AvgIpc) is 2.99. The molecule has 9 nitrogen and oxygen atoms in total. The number of rotatable bonds is 6. The lowest BCUT2D eigenvalue weighted by atomic mass is 9.89. The highest BCUT2D eigenvalue weighted by atomic mass is 35.5. The fraction of sp³-hybridized carbons (Fsp3) is 0.565. The first-order chi connectivity index (χ1) is 15.4. The first kappa shape index (κ1) is 24.8. The number of hydrogen-bond acceptors (Lipinski definition) is 6. The Morgan fingerprint density at radius 3 is 2.36 bits per heavy atom. The molecule has 1 atom stereocenters. The van der Waals surface area contributed by atoms with Gasteiger partial charge in [0.15, 0.2) is 0 Å². The lowest BCUT2D eigenvalue weighted by Crippen LogP contribution is -2.52. The zero-order chi connectivity index (χ0) is 24.4. The maximum absolute atomic E-state index is 12.9. The molecule has 0 saturated carbocycles. The maximum Gasteiger partial charge on any atom is 0.322 e. The monoisotopic (exact) mass is 478 g/mol. The second kappa shape index (κ2) is 9.59. The van der Waals surface area contributed by atoms with Gasteiger partial charge in [0.1, 0.15) is 11.1 Å². The van der Waals surface area contributed by atoms with E-state index in [0.717, 1.165) is 16.3 Å². The summed E-state index contributed by atoms with van der Waals surface area (Å²) in [6.45, 7) is 9.55. The lowest BCUT2D eigenvalue weighted by Gasteiger charge is -2.37. The summed E-state index contributed by atoms with van der Waals surface area (Å²) in [5.74, 6) is -1.35. The molecule has 0 aromatic heterocycles. The number of piperazine rings is 1. The molecule has 2 fully saturated rings. The van der Waals surface area contributed by atoms with Crippen molar-refractivity contribution >= 4 is 41.1 Å². The molecule has 10 heteroatoms. The van der Waals surface area contributed by atoms with Crippen LogP contribution in [0.25, 0.3) is 0 Å². The van der Waals surface area contributed by atoms with Gasteiger partial charge >= 0.3 is 12.0 Å². The van der Waals surface area contributed by atoms with Crippen LogP contribution < -0.4 is 15.5 Å². The van der Waals surface area contributed by atoms with Crippen molar-refractivity contribution in [1.29, 1.82) is 0 Å². The van der Waals surface area contributed by atoms with Crippen molar-refractivity contribution in [3.05, 3.63) is 28.8 Å². The molecule has 2 aliphatic rings. The van der Waals surface area contributed by atoms with Crippen LogP contribution in [0.2, 0.25) is 5.02 Å². The van der Waals surface area contributed by atoms with Crippen molar-refractivity contribution < 1.29 is 23.9 Å². The van der Waals surface area contributed by atoms with E-state index in [-0.39, 0.29) is 25.2 Å². The Kier molecular flexibility index (Phi) is 7.21. The highest BCUT2D eigenvalue weighted by Crippen LogP contribution is 2.26. The number of esters is 1. The molecule has 0 aliphatic carbocycles. The molecule has 0 radical (unpaired) electrons. The highest BCUT2D eigenvalue weighted by molar-refractivity contribution is 6.31. The number of carbonyl (C=O) groups excluding carboxylic acids is 4. The van der Waals surface area contributed by atoms with Crippen molar-refractivity contribution in [2.45, 2.75) is 58.1 Å². The lowest BCUT2D eigenvalue weighted by molar-refractivity contribution is -0.158. The summed E-state index contributed by atoms with van der Waals surface area (Å²) in [6.07, 6.45) is -0.297. The number of amides is 4. The smallest absolute Gasteiger partial charge is 0.322 e. The number of halogens is 1. The molecule has 2 heterocycles. The summed E-state index contributed by atoms with van der Waals surface area (Å²) in [6, 6.07) is 5.19. The molecule has 2 saturated heterocycles. The number of urea groups is 1. The van der Waals surface area contributed by atoms with Crippen LogP contribution in [0, 0.1) is 6.92 Å². The summed E-state index contributed by atoms with van der Waals surface area (Å²) < 4.78 is 5.32. The van der Waals surface area contributed by atoms with Crippen molar-refractivity contribution in [1.82, 2.24) is 15.5 Å². The normalized spacial score (nSPS) is 21.0. The van der Waals surface area contributed by atoms with Gasteiger partial charge in [0.25, 0.3) is 5.91 Å². The number of nitrogens with one attached hydrogen (secondary N) is 2. The van der Waals surface area contributed by atoms with Crippen molar-refractivity contribution in [2.24, 2.45) is 0 Å². The van der Waals surface area contributed by atoms with Crippen LogP contribution in [-0.4, -0.2) is 66.0 Å². The Morgan fingerprint density at radius 2 is 1.82 bits per heavy atom. The van der Waals surface area contributed by atoms with Gasteiger partial charge in [-0.3, -0.25) is 19.7 Å². The van der Waals surface area contributed by atoms with Crippen molar-refractivity contribution in [3.8, 4) is 0 Å². The summed E-state index contributed by atoms with van der Waals surface area (Å²) in [5.41, 5.74) is -0.154. The number of hydrogen-bond donors (Lipinski definition) is 2. The van der Waals surface area contributed by atoms with E-state index in [4.69, 9.17) is 16.3 Å². The molecule has 2 N–H and O–H groups in total. The SMILES string of the molecule is Cc1cc(N2CCN(C(=O)CCC3(CC(=O)OC(C)(C)C)NC(=O)NC3=O)CC2)ccc1Cl. The van der Waals surface area contributed by atoms with E-state index in [2.05, 4.69) is 15.5 Å². The van der Waals surface area contributed by atoms with Gasteiger partial charge in [0.05, 0.1) is 6.42 Å². The van der Waals surface area contributed by atoms with Crippen LogP contribution in [0.1, 0.15) is 45.6 Å². The van der Waals surface area contributed by atoms with Crippen LogP contribution >= 0.6 is 11.6 Å². The fourth-order valence-electron chi connectivity index (χ4n) is 4.06. The van der Waals surface area contributed by atoms with Gasteiger partial charge in [0, 0.05) is 43.3 Å². The number of benzene rings is 1. The van der Waals surface area contributed by atoms with E-state index in [0.29, 0.717) is 26.2 Å². The van der Waals surface area contributed by atoms with Crippen LogP contribution in [0.15, 0.2) is 18.2 Å². The van der Waals surface area contributed by atoms with Gasteiger partial charge in [0.2, 0.25) is 5.91 Å². The Labute approximate surface area is 198 Å². The number of aryl methyl sites for hydroxylation is 1. The Bertz CT molecular complexity index is 953. The quantitative estimate of drug-likeness (QED) is 0.480. The number of ether oxygens (including phenoxy) is 1. The average molecular weight is 479 g/mol. The Hall–Kier alpha value is -2.81. The predicted molar refractivity (Wildman–Crippen MR) is 124 cm³/mol. The van der Waals surface area contributed by atoms with Crippen molar-refractivity contribution in [3.63, 3.8) is 0 Å². The highest BCUT2D eigenvalue weighted by Gasteiger charge is 2.48. The van der Waals surface area contributed by atoms with Crippen LogP contribution in [0.4, 0.5) is 10.5 Å². The molecule has 4 amide bonds. The Morgan fingerprint density at radius 1 is 1.15 bits per heavy atom. The molecular weight excluding hydrogens is 448 g/mol. The molecule has 1 unspecified atom stereocenters. The molecule has 0 spiro atoms. The minimum atomic E-state index is -1.49. The minimum absolute atomic E-state index is 0.0131. The minimum Gasteiger partial charge on any atom is -0.460 e. The number of nitrogens with zero attached hydrogens (tertiary/aromatic N) is 2. The van der Waals surface area contributed by atoms with E-state index >= 15 is 0 Å². The zero-order valence-electron chi connectivity index (χ0n) is 19.5. The van der Waals surface area contributed by atoms with E-state index in [9.17, 15) is 19.2 Å². The third-order valence-corrected chi connectivity index (χ3v) is 6.21. The Balaban J connectivity index is 1.58. The number of anilines is 1. The number of carbonyl (C=O) groups is 4. The molecule has 3 rings (SSSR count). The number of imide groups is 1. The molecule has 2 aliphatic heterocycles. The molecule has 1 aromatic carbocycles. The van der Waals surface area contributed by atoms with Crippen LogP contribution in [-0.2, 0) is 19.1 Å². The summed E-state index contributed by atoms with van der Waals surface area (Å²) >= 11 is 6.11. The van der Waals surface area contributed by atoms with Crippen LogP contribution in [0.3, 0.4) is 0 Å². The van der Waals surface area contributed by atoms with Gasteiger partial charge in [-0.15, -0.1) is 0 Å². The van der Waals surface area contributed by atoms with Crippen LogP contribution in [0.5, 0.6) is 0 Å². The van der Waals surface area contributed by atoms with E-state index in [1.165, 1.54) is 0 Å². The largest absolute Gasteiger partial charge is 0.460 e. The van der Waals surface area contributed by atoms with Gasteiger partial charge in [-0.05, 0) is 57.9 Å². The van der Waals surface area contributed by atoms with E-state index in [1.54, 1.807) is 25.7 Å². The zero-order valence-corrected chi connectivity index (χ0v) is 20.3. The first-order valence-corrected chi connectivity index (χ1v) is 11.4. The summed E-state index contributed by atoms with van der Waals surface area (Å²) in [7, 11) is 0. The molecular formula is C23H31ClN4O5. The predicted octanol–water partition coefficient (Wildman–Crippen LogP) is 2.39. The van der Waals surface area contributed by atoms with E-state index in [1.807, 2.05) is 25.1 Å². The van der Waals surface area contributed by atoms with Crippen molar-refractivity contribution in [2.75, 3.05) is 31.1 Å². The van der Waals surface area contributed by atoms with Gasteiger partial charge in [-0.25, -0.2) is 4.79 Å². The second-order valence-electron chi connectivity index (χ2n) is 9.55.